The SMILES string of the molecule is CN1CC(C(C)(C)CN)N(C)C1=N.Cl.Cl.O. The van der Waals surface area contributed by atoms with E-state index in [4.69, 9.17) is 11.1 Å². The molecule has 0 amide bonds. The van der Waals surface area contributed by atoms with Crippen LogP contribution in [-0.2, 0) is 0 Å². The molecule has 0 bridgehead atoms. The van der Waals surface area contributed by atoms with Gasteiger partial charge in [-0.2, -0.15) is 0 Å². The largest absolute Gasteiger partial charge is 0.412 e. The van der Waals surface area contributed by atoms with Gasteiger partial charge in [0.15, 0.2) is 5.96 Å². The van der Waals surface area contributed by atoms with E-state index in [1.807, 2.05) is 23.9 Å². The van der Waals surface area contributed by atoms with Crippen molar-refractivity contribution < 1.29 is 5.48 Å². The number of likely N-dealkylation sites (N-methyl/N-ethyl adjacent to an activating group) is 2. The molecule has 5 nitrogen and oxygen atoms in total. The number of hydrogen-bond donors (Lipinski definition) is 2. The first-order valence-corrected chi connectivity index (χ1v) is 4.62. The zero-order valence-electron chi connectivity index (χ0n) is 10.3. The van der Waals surface area contributed by atoms with Crippen LogP contribution >= 0.6 is 24.8 Å². The molecular formula is C9H24Cl2N4O. The van der Waals surface area contributed by atoms with Gasteiger partial charge in [-0.05, 0) is 12.0 Å². The van der Waals surface area contributed by atoms with Crippen molar-refractivity contribution in [1.82, 2.24) is 9.80 Å². The van der Waals surface area contributed by atoms with Crippen molar-refractivity contribution in [3.63, 3.8) is 0 Å². The molecule has 1 unspecified atom stereocenters. The van der Waals surface area contributed by atoms with Crippen molar-refractivity contribution in [2.24, 2.45) is 11.1 Å². The van der Waals surface area contributed by atoms with E-state index in [-0.39, 0.29) is 35.7 Å². The van der Waals surface area contributed by atoms with Crippen LogP contribution in [0.15, 0.2) is 0 Å². The Hall–Kier alpha value is -0.230. The van der Waals surface area contributed by atoms with Crippen molar-refractivity contribution in [2.75, 3.05) is 27.2 Å². The first-order chi connectivity index (χ1) is 5.90. The lowest BCUT2D eigenvalue weighted by atomic mass is 9.84. The zero-order chi connectivity index (χ0) is 10.2. The molecule has 1 saturated heterocycles. The average Bonchev–Trinajstić information content (AvgIpc) is 2.33. The highest BCUT2D eigenvalue weighted by atomic mass is 35.5. The van der Waals surface area contributed by atoms with Crippen LogP contribution in [0.1, 0.15) is 13.8 Å². The van der Waals surface area contributed by atoms with Gasteiger partial charge in [0.25, 0.3) is 0 Å². The molecule has 1 rings (SSSR count). The number of nitrogens with two attached hydrogens (primary N) is 1. The second-order valence-electron chi connectivity index (χ2n) is 4.52. The van der Waals surface area contributed by atoms with Crippen LogP contribution in [-0.4, -0.2) is 54.5 Å². The lowest BCUT2D eigenvalue weighted by Crippen LogP contribution is -2.45. The van der Waals surface area contributed by atoms with Crippen LogP contribution in [0.25, 0.3) is 0 Å². The van der Waals surface area contributed by atoms with Crippen LogP contribution in [0.5, 0.6) is 0 Å². The molecule has 0 aliphatic carbocycles. The first kappa shape index (κ1) is 21.1. The number of nitrogens with zero attached hydrogens (tertiary/aromatic N) is 2. The summed E-state index contributed by atoms with van der Waals surface area (Å²) in [6.07, 6.45) is 0. The van der Waals surface area contributed by atoms with Crippen LogP contribution in [0.4, 0.5) is 0 Å². The third-order valence-corrected chi connectivity index (χ3v) is 3.04. The molecule has 1 heterocycles. The summed E-state index contributed by atoms with van der Waals surface area (Å²) in [5.74, 6) is 0.589. The van der Waals surface area contributed by atoms with Gasteiger partial charge in [0, 0.05) is 20.6 Å². The molecule has 0 aromatic heterocycles. The summed E-state index contributed by atoms with van der Waals surface area (Å²) in [4.78, 5) is 3.97. The maximum Gasteiger partial charge on any atom is 0.193 e. The van der Waals surface area contributed by atoms with Crippen LogP contribution < -0.4 is 5.73 Å². The Morgan fingerprint density at radius 2 is 1.81 bits per heavy atom. The molecule has 1 fully saturated rings. The number of halogens is 2. The highest BCUT2D eigenvalue weighted by Gasteiger charge is 2.39. The topological polar surface area (TPSA) is 87.8 Å². The van der Waals surface area contributed by atoms with Gasteiger partial charge >= 0.3 is 0 Å². The van der Waals surface area contributed by atoms with Gasteiger partial charge in [-0.15, -0.1) is 24.8 Å². The molecule has 0 aromatic rings. The number of hydrogen-bond acceptors (Lipinski definition) is 2. The molecular weight excluding hydrogens is 251 g/mol. The summed E-state index contributed by atoms with van der Waals surface area (Å²) in [7, 11) is 3.92. The normalized spacial score (nSPS) is 19.8. The molecule has 100 valence electrons. The maximum absolute atomic E-state index is 7.76. The Bertz CT molecular complexity index is 226. The minimum atomic E-state index is 0. The second-order valence-corrected chi connectivity index (χ2v) is 4.52. The van der Waals surface area contributed by atoms with E-state index in [0.717, 1.165) is 6.54 Å². The molecule has 1 atom stereocenters. The summed E-state index contributed by atoms with van der Waals surface area (Å²) in [5, 5.41) is 7.76. The Morgan fingerprint density at radius 1 is 1.38 bits per heavy atom. The predicted molar refractivity (Wildman–Crippen MR) is 72.9 cm³/mol. The fourth-order valence-electron chi connectivity index (χ4n) is 1.79. The molecule has 0 spiro atoms. The van der Waals surface area contributed by atoms with Crippen LogP contribution in [0, 0.1) is 10.8 Å². The molecule has 0 saturated carbocycles. The smallest absolute Gasteiger partial charge is 0.193 e. The monoisotopic (exact) mass is 274 g/mol. The van der Waals surface area contributed by atoms with Crippen molar-refractivity contribution >= 4 is 30.8 Å². The minimum Gasteiger partial charge on any atom is -0.412 e. The van der Waals surface area contributed by atoms with E-state index in [2.05, 4.69) is 13.8 Å². The van der Waals surface area contributed by atoms with E-state index in [9.17, 15) is 0 Å². The van der Waals surface area contributed by atoms with Gasteiger partial charge in [0.05, 0.1) is 6.04 Å². The Kier molecular flexibility index (Phi) is 9.45. The molecule has 7 heteroatoms. The Balaban J connectivity index is -0.000000563. The van der Waals surface area contributed by atoms with E-state index in [0.29, 0.717) is 18.5 Å². The maximum atomic E-state index is 7.76. The standard InChI is InChI=1S/C9H20N4.2ClH.H2O/c1-9(2,6-10)7-5-12(3)8(11)13(7)4;;;/h7,11H,5-6,10H2,1-4H3;2*1H;1H2. The fraction of sp³-hybridized carbons (Fsp3) is 0.889. The molecule has 0 radical (unpaired) electrons. The number of nitrogens with one attached hydrogen (secondary N) is 1. The minimum absolute atomic E-state index is 0. The molecule has 1 aliphatic rings. The summed E-state index contributed by atoms with van der Waals surface area (Å²) >= 11 is 0. The van der Waals surface area contributed by atoms with Gasteiger partial charge < -0.3 is 21.0 Å². The van der Waals surface area contributed by atoms with Gasteiger partial charge in [0.2, 0.25) is 0 Å². The summed E-state index contributed by atoms with van der Waals surface area (Å²) < 4.78 is 0. The summed E-state index contributed by atoms with van der Waals surface area (Å²) in [6.45, 7) is 5.86. The van der Waals surface area contributed by atoms with Gasteiger partial charge in [-0.25, -0.2) is 0 Å². The highest BCUT2D eigenvalue weighted by Crippen LogP contribution is 2.27. The van der Waals surface area contributed by atoms with Gasteiger partial charge in [0.1, 0.15) is 0 Å². The zero-order valence-corrected chi connectivity index (χ0v) is 11.9. The van der Waals surface area contributed by atoms with E-state index in [1.165, 1.54) is 0 Å². The van der Waals surface area contributed by atoms with Gasteiger partial charge in [-0.1, -0.05) is 13.8 Å². The van der Waals surface area contributed by atoms with Crippen molar-refractivity contribution in [2.45, 2.75) is 19.9 Å². The third kappa shape index (κ3) is 3.66. The van der Waals surface area contributed by atoms with Crippen molar-refractivity contribution in [3.05, 3.63) is 0 Å². The number of guanidine groups is 1. The predicted octanol–water partition coefficient (Wildman–Crippen LogP) is 0.171. The van der Waals surface area contributed by atoms with Crippen molar-refractivity contribution in [3.8, 4) is 0 Å². The van der Waals surface area contributed by atoms with E-state index >= 15 is 0 Å². The average molecular weight is 275 g/mol. The van der Waals surface area contributed by atoms with Gasteiger partial charge in [-0.3, -0.25) is 5.41 Å². The second kappa shape index (κ2) is 7.17. The van der Waals surface area contributed by atoms with E-state index < -0.39 is 0 Å². The summed E-state index contributed by atoms with van der Waals surface area (Å²) in [6, 6.07) is 0.356. The lowest BCUT2D eigenvalue weighted by molar-refractivity contribution is 0.196. The summed E-state index contributed by atoms with van der Waals surface area (Å²) in [5.41, 5.74) is 5.80. The highest BCUT2D eigenvalue weighted by molar-refractivity contribution is 5.85. The Labute approximate surface area is 110 Å². The van der Waals surface area contributed by atoms with Crippen LogP contribution in [0.2, 0.25) is 0 Å². The quantitative estimate of drug-likeness (QED) is 0.753. The molecule has 1 aliphatic heterocycles. The van der Waals surface area contributed by atoms with Crippen molar-refractivity contribution in [1.29, 1.82) is 5.41 Å². The van der Waals surface area contributed by atoms with E-state index in [1.54, 1.807) is 0 Å². The lowest BCUT2D eigenvalue weighted by Gasteiger charge is -2.34. The van der Waals surface area contributed by atoms with Crippen LogP contribution in [0.3, 0.4) is 0 Å². The first-order valence-electron chi connectivity index (χ1n) is 4.62. The number of rotatable bonds is 2. The molecule has 16 heavy (non-hydrogen) atoms. The fourth-order valence-corrected chi connectivity index (χ4v) is 1.79. The molecule has 0 aromatic carbocycles. The Morgan fingerprint density at radius 3 is 2.06 bits per heavy atom. The molecule has 5 N–H and O–H groups in total. The third-order valence-electron chi connectivity index (χ3n) is 3.04.